The lowest BCUT2D eigenvalue weighted by Crippen LogP contribution is -2.00. The van der Waals surface area contributed by atoms with Crippen LogP contribution in [0.4, 0.5) is 0 Å². The lowest BCUT2D eigenvalue weighted by molar-refractivity contribution is 0.833. The third kappa shape index (κ3) is 2.03. The quantitative estimate of drug-likeness (QED) is 0.846. The molecular weight excluding hydrogens is 210 g/mol. The summed E-state index contributed by atoms with van der Waals surface area (Å²) in [5.74, 6) is 0. The fourth-order valence-corrected chi connectivity index (χ4v) is 1.51. The predicted molar refractivity (Wildman–Crippen MR) is 61.2 cm³/mol. The molecule has 0 bridgehead atoms. The van der Waals surface area contributed by atoms with Gasteiger partial charge in [-0.1, -0.05) is 17.7 Å². The van der Waals surface area contributed by atoms with Gasteiger partial charge in [0, 0.05) is 17.8 Å². The van der Waals surface area contributed by atoms with Crippen LogP contribution in [0, 0.1) is 6.92 Å². The number of halogens is 1. The summed E-state index contributed by atoms with van der Waals surface area (Å²) in [6, 6.07) is 7.74. The van der Waals surface area contributed by atoms with E-state index < -0.39 is 0 Å². The second-order valence-electron chi connectivity index (χ2n) is 3.39. The Balaban J connectivity index is 2.40. The van der Waals surface area contributed by atoms with Crippen LogP contribution in [0.5, 0.6) is 0 Å². The van der Waals surface area contributed by atoms with Crippen molar-refractivity contribution in [3.05, 3.63) is 46.7 Å². The van der Waals surface area contributed by atoms with E-state index in [0.717, 1.165) is 22.0 Å². The van der Waals surface area contributed by atoms with Gasteiger partial charge in [-0.2, -0.15) is 5.10 Å². The highest BCUT2D eigenvalue weighted by molar-refractivity contribution is 6.31. The fraction of sp³-hybridized carbons (Fsp3) is 0.182. The highest BCUT2D eigenvalue weighted by atomic mass is 35.5. The number of hydrogen-bond acceptors (Lipinski definition) is 2. The number of benzene rings is 1. The van der Waals surface area contributed by atoms with Crippen molar-refractivity contribution in [2.75, 3.05) is 0 Å². The molecule has 2 rings (SSSR count). The summed E-state index contributed by atoms with van der Waals surface area (Å²) in [7, 11) is 0. The summed E-state index contributed by atoms with van der Waals surface area (Å²) in [4.78, 5) is 0. The molecule has 0 amide bonds. The zero-order valence-electron chi connectivity index (χ0n) is 8.44. The smallest absolute Gasteiger partial charge is 0.0764 e. The standard InChI is InChI=1S/C11H12ClN3/c1-8-2-3-10(6-11(8)12)15-5-4-9(7-13)14-15/h2-6H,7,13H2,1H3. The molecule has 1 heterocycles. The molecule has 1 aromatic carbocycles. The van der Waals surface area contributed by atoms with E-state index in [1.54, 1.807) is 4.68 Å². The molecule has 3 nitrogen and oxygen atoms in total. The Morgan fingerprint density at radius 1 is 1.40 bits per heavy atom. The van der Waals surface area contributed by atoms with Gasteiger partial charge in [-0.05, 0) is 30.7 Å². The molecule has 0 aliphatic rings. The Hall–Kier alpha value is -1.32. The van der Waals surface area contributed by atoms with Gasteiger partial charge in [0.15, 0.2) is 0 Å². The van der Waals surface area contributed by atoms with E-state index in [9.17, 15) is 0 Å². The minimum absolute atomic E-state index is 0.451. The zero-order chi connectivity index (χ0) is 10.8. The Bertz CT molecular complexity index is 476. The van der Waals surface area contributed by atoms with Gasteiger partial charge in [0.25, 0.3) is 0 Å². The second kappa shape index (κ2) is 4.04. The van der Waals surface area contributed by atoms with Crippen molar-refractivity contribution in [1.82, 2.24) is 9.78 Å². The molecule has 0 fully saturated rings. The molecule has 0 saturated carbocycles. The van der Waals surface area contributed by atoms with Crippen LogP contribution in [-0.2, 0) is 6.54 Å². The van der Waals surface area contributed by atoms with Crippen LogP contribution in [0.2, 0.25) is 5.02 Å². The van der Waals surface area contributed by atoms with Crippen molar-refractivity contribution in [2.45, 2.75) is 13.5 Å². The molecule has 1 aromatic heterocycles. The van der Waals surface area contributed by atoms with Gasteiger partial charge >= 0.3 is 0 Å². The van der Waals surface area contributed by atoms with E-state index in [4.69, 9.17) is 17.3 Å². The molecule has 0 spiro atoms. The third-order valence-corrected chi connectivity index (χ3v) is 2.68. The lowest BCUT2D eigenvalue weighted by atomic mass is 10.2. The monoisotopic (exact) mass is 221 g/mol. The summed E-state index contributed by atoms with van der Waals surface area (Å²) in [5.41, 5.74) is 8.37. The SMILES string of the molecule is Cc1ccc(-n2ccc(CN)n2)cc1Cl. The van der Waals surface area contributed by atoms with E-state index >= 15 is 0 Å². The van der Waals surface area contributed by atoms with Gasteiger partial charge in [-0.15, -0.1) is 0 Å². The minimum atomic E-state index is 0.451. The number of hydrogen-bond donors (Lipinski definition) is 1. The molecule has 0 radical (unpaired) electrons. The van der Waals surface area contributed by atoms with Crippen LogP contribution in [0.15, 0.2) is 30.5 Å². The summed E-state index contributed by atoms with van der Waals surface area (Å²) in [5, 5.41) is 5.05. The van der Waals surface area contributed by atoms with Crippen molar-refractivity contribution < 1.29 is 0 Å². The van der Waals surface area contributed by atoms with Gasteiger partial charge in [-0.25, -0.2) is 4.68 Å². The highest BCUT2D eigenvalue weighted by Gasteiger charge is 2.01. The van der Waals surface area contributed by atoms with Crippen LogP contribution < -0.4 is 5.73 Å². The molecule has 78 valence electrons. The van der Waals surface area contributed by atoms with Gasteiger partial charge in [0.05, 0.1) is 11.4 Å². The van der Waals surface area contributed by atoms with E-state index in [2.05, 4.69) is 5.10 Å². The van der Waals surface area contributed by atoms with Gasteiger partial charge < -0.3 is 5.73 Å². The summed E-state index contributed by atoms with van der Waals surface area (Å²) in [6.07, 6.45) is 1.88. The van der Waals surface area contributed by atoms with Crippen LogP contribution in [0.25, 0.3) is 5.69 Å². The van der Waals surface area contributed by atoms with Crippen molar-refractivity contribution in [1.29, 1.82) is 0 Å². The summed E-state index contributed by atoms with van der Waals surface area (Å²) in [6.45, 7) is 2.42. The van der Waals surface area contributed by atoms with Crippen molar-refractivity contribution in [3.8, 4) is 5.69 Å². The second-order valence-corrected chi connectivity index (χ2v) is 3.80. The molecule has 0 aliphatic heterocycles. The van der Waals surface area contributed by atoms with Crippen molar-refractivity contribution in [3.63, 3.8) is 0 Å². The first kappa shape index (κ1) is 10.2. The zero-order valence-corrected chi connectivity index (χ0v) is 9.20. The van der Waals surface area contributed by atoms with E-state index in [0.29, 0.717) is 6.54 Å². The van der Waals surface area contributed by atoms with Crippen LogP contribution in [0.1, 0.15) is 11.3 Å². The van der Waals surface area contributed by atoms with Gasteiger partial charge in [-0.3, -0.25) is 0 Å². The van der Waals surface area contributed by atoms with Crippen LogP contribution in [0.3, 0.4) is 0 Å². The predicted octanol–water partition coefficient (Wildman–Crippen LogP) is 2.29. The van der Waals surface area contributed by atoms with E-state index in [1.165, 1.54) is 0 Å². The largest absolute Gasteiger partial charge is 0.325 e. The Morgan fingerprint density at radius 2 is 2.20 bits per heavy atom. The van der Waals surface area contributed by atoms with Crippen molar-refractivity contribution in [2.24, 2.45) is 5.73 Å². The Labute approximate surface area is 93.5 Å². The van der Waals surface area contributed by atoms with Gasteiger partial charge in [0.2, 0.25) is 0 Å². The van der Waals surface area contributed by atoms with E-state index in [-0.39, 0.29) is 0 Å². The maximum absolute atomic E-state index is 6.04. The Morgan fingerprint density at radius 3 is 2.80 bits per heavy atom. The normalized spacial score (nSPS) is 10.6. The molecule has 0 atom stereocenters. The van der Waals surface area contributed by atoms with Crippen molar-refractivity contribution >= 4 is 11.6 Å². The third-order valence-electron chi connectivity index (χ3n) is 2.27. The average Bonchev–Trinajstić information content (AvgIpc) is 2.70. The molecule has 2 N–H and O–H groups in total. The first-order valence-corrected chi connectivity index (χ1v) is 5.09. The number of aryl methyl sites for hydroxylation is 1. The van der Waals surface area contributed by atoms with Gasteiger partial charge in [0.1, 0.15) is 0 Å². The Kier molecular flexibility index (Phi) is 2.75. The molecular formula is C11H12ClN3. The maximum Gasteiger partial charge on any atom is 0.0764 e. The molecule has 15 heavy (non-hydrogen) atoms. The summed E-state index contributed by atoms with van der Waals surface area (Å²) < 4.78 is 1.77. The lowest BCUT2D eigenvalue weighted by Gasteiger charge is -2.03. The number of nitrogens with zero attached hydrogens (tertiary/aromatic N) is 2. The first-order valence-electron chi connectivity index (χ1n) is 4.72. The molecule has 4 heteroatoms. The van der Waals surface area contributed by atoms with E-state index in [1.807, 2.05) is 37.4 Å². The topological polar surface area (TPSA) is 43.8 Å². The molecule has 2 aromatic rings. The average molecular weight is 222 g/mol. The minimum Gasteiger partial charge on any atom is -0.325 e. The fourth-order valence-electron chi connectivity index (χ4n) is 1.34. The summed E-state index contributed by atoms with van der Waals surface area (Å²) >= 11 is 6.04. The van der Waals surface area contributed by atoms with Crippen LogP contribution in [-0.4, -0.2) is 9.78 Å². The number of nitrogens with two attached hydrogens (primary N) is 1. The number of rotatable bonds is 2. The molecule has 0 unspecified atom stereocenters. The van der Waals surface area contributed by atoms with Crippen LogP contribution >= 0.6 is 11.6 Å². The molecule has 0 aliphatic carbocycles. The maximum atomic E-state index is 6.04. The number of aromatic nitrogens is 2. The first-order chi connectivity index (χ1) is 7.20. The highest BCUT2D eigenvalue weighted by Crippen LogP contribution is 2.18. The molecule has 0 saturated heterocycles.